The molecule has 2 saturated carbocycles. The Morgan fingerprint density at radius 3 is 2.77 bits per heavy atom. The fourth-order valence-electron chi connectivity index (χ4n) is 7.30. The predicted molar refractivity (Wildman–Crippen MR) is 156 cm³/mol. The number of hydrogen-bond acceptors (Lipinski definition) is 4. The number of thioether (sulfide) groups is 1. The summed E-state index contributed by atoms with van der Waals surface area (Å²) in [5, 5.41) is 12.4. The Balaban J connectivity index is 1.15. The average Bonchev–Trinajstić information content (AvgIpc) is 3.45. The normalized spacial score (nSPS) is 28.9. The number of nitrogens with one attached hydrogen (secondary N) is 1. The zero-order valence-corrected chi connectivity index (χ0v) is 23.8. The second-order valence-corrected chi connectivity index (χ2v) is 13.4. The Morgan fingerprint density at radius 2 is 2.05 bits per heavy atom. The first-order valence-electron chi connectivity index (χ1n) is 14.3. The molecule has 39 heavy (non-hydrogen) atoms. The van der Waals surface area contributed by atoms with Gasteiger partial charge in [-0.15, -0.1) is 0 Å². The molecule has 5 nitrogen and oxygen atoms in total. The number of nitriles is 1. The third-order valence-electron chi connectivity index (χ3n) is 9.68. The summed E-state index contributed by atoms with van der Waals surface area (Å²) in [4.78, 5) is 18.5. The lowest BCUT2D eigenvalue weighted by molar-refractivity contribution is 0.103. The maximum absolute atomic E-state index is 13.7. The number of rotatable bonds is 6. The predicted octanol–water partition coefficient (Wildman–Crippen LogP) is 6.91. The molecule has 2 unspecified atom stereocenters. The molecule has 206 valence electrons. The van der Waals surface area contributed by atoms with Crippen LogP contribution >= 0.6 is 23.4 Å². The first-order valence-corrected chi connectivity index (χ1v) is 15.8. The fourth-order valence-corrected chi connectivity index (χ4v) is 8.74. The number of urea groups is 1. The van der Waals surface area contributed by atoms with Crippen molar-refractivity contribution in [2.45, 2.75) is 62.4 Å². The van der Waals surface area contributed by atoms with Crippen LogP contribution in [0.2, 0.25) is 5.02 Å². The molecule has 0 radical (unpaired) electrons. The number of nitrogens with zero attached hydrogens (tertiary/aromatic N) is 3. The van der Waals surface area contributed by atoms with Crippen molar-refractivity contribution in [3.8, 4) is 6.07 Å². The van der Waals surface area contributed by atoms with Gasteiger partial charge in [0.2, 0.25) is 0 Å². The van der Waals surface area contributed by atoms with Crippen LogP contribution in [-0.2, 0) is 5.41 Å². The van der Waals surface area contributed by atoms with Crippen LogP contribution < -0.4 is 5.32 Å². The second-order valence-electron chi connectivity index (χ2n) is 11.9. The number of benzene rings is 2. The molecule has 2 aliphatic carbocycles. The molecule has 2 heterocycles. The van der Waals surface area contributed by atoms with E-state index in [0.717, 1.165) is 69.8 Å². The molecule has 4 atom stereocenters. The van der Waals surface area contributed by atoms with Crippen LogP contribution in [-0.4, -0.2) is 59.1 Å². The Bertz CT molecular complexity index is 1260. The zero-order valence-electron chi connectivity index (χ0n) is 22.3. The lowest BCUT2D eigenvalue weighted by Gasteiger charge is -2.41. The monoisotopic (exact) mass is 566 g/mol. The fraction of sp³-hybridized carbons (Fsp3) is 0.548. The maximum Gasteiger partial charge on any atom is 0.322 e. The van der Waals surface area contributed by atoms with Gasteiger partial charge >= 0.3 is 6.03 Å². The summed E-state index contributed by atoms with van der Waals surface area (Å²) in [5.74, 6) is 3.05. The number of carbonyl (C=O) groups is 1. The second kappa shape index (κ2) is 11.3. The smallest absolute Gasteiger partial charge is 0.321 e. The average molecular weight is 567 g/mol. The molecule has 4 aliphatic rings. The van der Waals surface area contributed by atoms with E-state index in [2.05, 4.69) is 45.1 Å². The number of likely N-dealkylation sites (tertiary alicyclic amines) is 1. The first kappa shape index (κ1) is 26.9. The summed E-state index contributed by atoms with van der Waals surface area (Å²) in [5.41, 5.74) is 2.67. The van der Waals surface area contributed by atoms with Crippen LogP contribution in [0.1, 0.15) is 56.1 Å². The van der Waals surface area contributed by atoms with Crippen LogP contribution in [0, 0.1) is 29.0 Å². The molecule has 8 heteroatoms. The van der Waals surface area contributed by atoms with Gasteiger partial charge in [-0.05, 0) is 117 Å². The van der Waals surface area contributed by atoms with Gasteiger partial charge in [-0.2, -0.15) is 17.0 Å². The van der Waals surface area contributed by atoms with E-state index in [1.54, 1.807) is 6.07 Å². The van der Waals surface area contributed by atoms with Crippen molar-refractivity contribution in [3.05, 3.63) is 64.4 Å². The highest BCUT2D eigenvalue weighted by Gasteiger charge is 2.58. The van der Waals surface area contributed by atoms with Gasteiger partial charge in [-0.1, -0.05) is 23.7 Å². The van der Waals surface area contributed by atoms with Gasteiger partial charge in [0.1, 0.15) is 5.82 Å². The van der Waals surface area contributed by atoms with E-state index in [1.165, 1.54) is 35.6 Å². The molecule has 2 amide bonds. The van der Waals surface area contributed by atoms with E-state index in [1.807, 2.05) is 12.1 Å². The number of halogens is 2. The van der Waals surface area contributed by atoms with Crippen LogP contribution in [0.25, 0.3) is 0 Å². The van der Waals surface area contributed by atoms with Crippen molar-refractivity contribution in [2.75, 3.05) is 36.5 Å². The van der Waals surface area contributed by atoms with Gasteiger partial charge in [0.05, 0.1) is 16.7 Å². The highest BCUT2D eigenvalue weighted by molar-refractivity contribution is 7.99. The lowest BCUT2D eigenvalue weighted by atomic mass is 9.79. The summed E-state index contributed by atoms with van der Waals surface area (Å²) in [6, 6.07) is 15.5. The lowest BCUT2D eigenvalue weighted by Crippen LogP contribution is -2.49. The number of amides is 2. The highest BCUT2D eigenvalue weighted by Crippen LogP contribution is 2.63. The van der Waals surface area contributed by atoms with Crippen molar-refractivity contribution >= 4 is 35.1 Å². The Hall–Kier alpha value is -2.27. The summed E-state index contributed by atoms with van der Waals surface area (Å²) < 4.78 is 13.7. The molecule has 0 bridgehead atoms. The maximum atomic E-state index is 13.7. The van der Waals surface area contributed by atoms with E-state index >= 15 is 0 Å². The van der Waals surface area contributed by atoms with E-state index in [-0.39, 0.29) is 22.5 Å². The van der Waals surface area contributed by atoms with Crippen LogP contribution in [0.4, 0.5) is 14.9 Å². The summed E-state index contributed by atoms with van der Waals surface area (Å²) >= 11 is 8.07. The van der Waals surface area contributed by atoms with Crippen molar-refractivity contribution in [3.63, 3.8) is 0 Å². The Morgan fingerprint density at radius 1 is 1.21 bits per heavy atom. The Labute approximate surface area is 240 Å². The minimum absolute atomic E-state index is 0.0110. The van der Waals surface area contributed by atoms with E-state index < -0.39 is 5.82 Å². The summed E-state index contributed by atoms with van der Waals surface area (Å²) in [7, 11) is 0. The zero-order chi connectivity index (χ0) is 27.0. The van der Waals surface area contributed by atoms with Gasteiger partial charge in [-0.25, -0.2) is 9.18 Å². The number of piperidine rings is 1. The third-order valence-corrected chi connectivity index (χ3v) is 11.1. The topological polar surface area (TPSA) is 59.4 Å². The van der Waals surface area contributed by atoms with Crippen molar-refractivity contribution in [2.24, 2.45) is 11.8 Å². The largest absolute Gasteiger partial charge is 0.322 e. The minimum Gasteiger partial charge on any atom is -0.321 e. The van der Waals surface area contributed by atoms with Gasteiger partial charge in [0, 0.05) is 30.1 Å². The minimum atomic E-state index is -0.489. The van der Waals surface area contributed by atoms with Crippen molar-refractivity contribution in [1.82, 2.24) is 9.80 Å². The molecular weight excluding hydrogens is 531 g/mol. The third kappa shape index (κ3) is 5.66. The molecular formula is C31H36ClFN4OS. The van der Waals surface area contributed by atoms with Crippen molar-refractivity contribution < 1.29 is 9.18 Å². The van der Waals surface area contributed by atoms with Gasteiger partial charge in [0.15, 0.2) is 0 Å². The van der Waals surface area contributed by atoms with E-state index in [9.17, 15) is 14.4 Å². The summed E-state index contributed by atoms with van der Waals surface area (Å²) in [6.45, 7) is 2.98. The number of hydrogen-bond donors (Lipinski definition) is 1. The number of fused-ring (bicyclic) bond motifs is 1. The van der Waals surface area contributed by atoms with E-state index in [0.29, 0.717) is 17.5 Å². The molecule has 1 N–H and O–H groups in total. The molecule has 0 aromatic heterocycles. The van der Waals surface area contributed by atoms with Gasteiger partial charge in [-0.3, -0.25) is 4.90 Å². The van der Waals surface area contributed by atoms with Crippen LogP contribution in [0.5, 0.6) is 0 Å². The first-order chi connectivity index (χ1) is 18.9. The summed E-state index contributed by atoms with van der Waals surface area (Å²) in [6.07, 6.45) is 7.62. The quantitative estimate of drug-likeness (QED) is 0.412. The molecule has 2 aromatic carbocycles. The van der Waals surface area contributed by atoms with Crippen molar-refractivity contribution in [1.29, 1.82) is 5.26 Å². The molecule has 2 aromatic rings. The van der Waals surface area contributed by atoms with Gasteiger partial charge < -0.3 is 10.2 Å². The van der Waals surface area contributed by atoms with Crippen LogP contribution in [0.15, 0.2) is 42.5 Å². The molecule has 0 spiro atoms. The molecule has 2 saturated heterocycles. The molecule has 4 fully saturated rings. The number of carbonyl (C=O) groups excluding carboxylic acids is 1. The molecule has 2 aliphatic heterocycles. The Kier molecular flexibility index (Phi) is 7.81. The number of anilines is 1. The standard InChI is InChI=1S/C31H36ClFN4OS/c32-28-16-25(4-5-29(28)33)35-30(38)37(19-21-7-11-36(12-8-21)27-9-13-39-20-27)26-6-10-31(17-24(31)15-26)23-3-1-2-22(14-23)18-34/h1-5,14,16,21,24,26-27H,6-13,15,17,19-20H2,(H,35,38)/t24?,26-,27?,31+/m0/s1. The molecule has 6 rings (SSSR count). The van der Waals surface area contributed by atoms with E-state index in [4.69, 9.17) is 11.6 Å². The highest BCUT2D eigenvalue weighted by atomic mass is 35.5. The van der Waals surface area contributed by atoms with Gasteiger partial charge in [0.25, 0.3) is 0 Å². The SMILES string of the molecule is N#Cc1cccc([C@]23CC[C@H](N(CC4CCN(C5CCSC5)CC4)C(=O)Nc4ccc(F)c(Cl)c4)CC2C3)c1. The van der Waals surface area contributed by atoms with Crippen LogP contribution in [0.3, 0.4) is 0 Å².